The molecule has 2 aromatic heterocycles. The summed E-state index contributed by atoms with van der Waals surface area (Å²) in [6, 6.07) is 14.3. The first-order valence-electron chi connectivity index (χ1n) is 9.96. The second kappa shape index (κ2) is 8.39. The molecular weight excluding hydrogens is 362 g/mol. The van der Waals surface area contributed by atoms with Crippen LogP contribution in [0.1, 0.15) is 36.6 Å². The highest BCUT2D eigenvalue weighted by Gasteiger charge is 2.24. The van der Waals surface area contributed by atoms with Crippen molar-refractivity contribution in [2.24, 2.45) is 0 Å². The molecule has 0 unspecified atom stereocenters. The predicted octanol–water partition coefficient (Wildman–Crippen LogP) is 3.66. The number of amides is 1. The standard InChI is InChI=1S/C23H25N5O/c1-16(18-6-4-3-5-7-18)14-25-23-20-10-13-28(17(2)29)15-21(20)26-22(27-23)19-8-11-24-12-9-19/h3-9,11-12,16H,10,13-15H2,1-2H3,(H,25,26,27)/t16-/m1/s1. The molecule has 3 heterocycles. The molecule has 1 aromatic carbocycles. The average molecular weight is 387 g/mol. The molecular formula is C23H25N5O. The Morgan fingerprint density at radius 1 is 1.14 bits per heavy atom. The van der Waals surface area contributed by atoms with Crippen LogP contribution >= 0.6 is 0 Å². The van der Waals surface area contributed by atoms with E-state index in [9.17, 15) is 4.79 Å². The SMILES string of the molecule is CC(=O)N1CCc2c(nc(-c3ccncc3)nc2NC[C@@H](C)c2ccccc2)C1. The Bertz CT molecular complexity index is 991. The van der Waals surface area contributed by atoms with Gasteiger partial charge in [-0.2, -0.15) is 0 Å². The van der Waals surface area contributed by atoms with Gasteiger partial charge < -0.3 is 10.2 Å². The molecule has 1 aliphatic heterocycles. The number of carbonyl (C=O) groups is 1. The Morgan fingerprint density at radius 3 is 2.62 bits per heavy atom. The maximum Gasteiger partial charge on any atom is 0.219 e. The van der Waals surface area contributed by atoms with Gasteiger partial charge in [0.2, 0.25) is 5.91 Å². The van der Waals surface area contributed by atoms with E-state index in [2.05, 4.69) is 41.5 Å². The van der Waals surface area contributed by atoms with Crippen molar-refractivity contribution in [2.45, 2.75) is 32.7 Å². The molecule has 1 atom stereocenters. The fraction of sp³-hybridized carbons (Fsp3) is 0.304. The number of nitrogens with one attached hydrogen (secondary N) is 1. The number of anilines is 1. The molecule has 0 saturated carbocycles. The van der Waals surface area contributed by atoms with E-state index in [1.807, 2.05) is 23.1 Å². The zero-order valence-electron chi connectivity index (χ0n) is 16.8. The number of hydrogen-bond acceptors (Lipinski definition) is 5. The maximum atomic E-state index is 11.9. The van der Waals surface area contributed by atoms with Gasteiger partial charge in [0.25, 0.3) is 0 Å². The third-order valence-electron chi connectivity index (χ3n) is 5.39. The number of rotatable bonds is 5. The quantitative estimate of drug-likeness (QED) is 0.723. The normalized spacial score (nSPS) is 14.2. The Morgan fingerprint density at radius 2 is 1.90 bits per heavy atom. The van der Waals surface area contributed by atoms with E-state index in [0.29, 0.717) is 24.8 Å². The van der Waals surface area contributed by atoms with Crippen LogP contribution in [0.25, 0.3) is 11.4 Å². The first-order chi connectivity index (χ1) is 14.1. The van der Waals surface area contributed by atoms with Crippen LogP contribution < -0.4 is 5.32 Å². The predicted molar refractivity (Wildman–Crippen MR) is 113 cm³/mol. The lowest BCUT2D eigenvalue weighted by atomic mass is 10.0. The van der Waals surface area contributed by atoms with E-state index >= 15 is 0 Å². The van der Waals surface area contributed by atoms with Crippen molar-refractivity contribution in [3.8, 4) is 11.4 Å². The van der Waals surface area contributed by atoms with Crippen molar-refractivity contribution < 1.29 is 4.79 Å². The van der Waals surface area contributed by atoms with Crippen molar-refractivity contribution in [3.05, 3.63) is 71.7 Å². The monoisotopic (exact) mass is 387 g/mol. The summed E-state index contributed by atoms with van der Waals surface area (Å²) < 4.78 is 0. The topological polar surface area (TPSA) is 71.0 Å². The highest BCUT2D eigenvalue weighted by Crippen LogP contribution is 2.28. The highest BCUT2D eigenvalue weighted by molar-refractivity contribution is 5.74. The molecule has 0 fully saturated rings. The van der Waals surface area contributed by atoms with Crippen LogP contribution in [-0.2, 0) is 17.8 Å². The first-order valence-corrected chi connectivity index (χ1v) is 9.96. The summed E-state index contributed by atoms with van der Waals surface area (Å²) in [6.07, 6.45) is 4.24. The van der Waals surface area contributed by atoms with Gasteiger partial charge in [-0.25, -0.2) is 9.97 Å². The van der Waals surface area contributed by atoms with E-state index in [1.165, 1.54) is 5.56 Å². The van der Waals surface area contributed by atoms with Gasteiger partial charge in [-0.3, -0.25) is 9.78 Å². The molecule has 1 amide bonds. The second-order valence-electron chi connectivity index (χ2n) is 7.44. The molecule has 1 aliphatic rings. The minimum Gasteiger partial charge on any atom is -0.369 e. The van der Waals surface area contributed by atoms with Gasteiger partial charge in [0.15, 0.2) is 5.82 Å². The summed E-state index contributed by atoms with van der Waals surface area (Å²) >= 11 is 0. The molecule has 6 nitrogen and oxygen atoms in total. The highest BCUT2D eigenvalue weighted by atomic mass is 16.2. The van der Waals surface area contributed by atoms with Gasteiger partial charge in [-0.15, -0.1) is 0 Å². The summed E-state index contributed by atoms with van der Waals surface area (Å²) in [7, 11) is 0. The van der Waals surface area contributed by atoms with Gasteiger partial charge in [0.05, 0.1) is 12.2 Å². The fourth-order valence-electron chi connectivity index (χ4n) is 3.62. The van der Waals surface area contributed by atoms with Crippen LogP contribution in [0.4, 0.5) is 5.82 Å². The van der Waals surface area contributed by atoms with Gasteiger partial charge in [0, 0.05) is 43.5 Å². The third-order valence-corrected chi connectivity index (χ3v) is 5.39. The minimum atomic E-state index is 0.0759. The summed E-state index contributed by atoms with van der Waals surface area (Å²) in [5.74, 6) is 1.95. The van der Waals surface area contributed by atoms with Crippen molar-refractivity contribution in [1.82, 2.24) is 19.9 Å². The molecule has 0 bridgehead atoms. The zero-order valence-corrected chi connectivity index (χ0v) is 16.8. The molecule has 1 N–H and O–H groups in total. The van der Waals surface area contributed by atoms with Crippen LogP contribution in [0, 0.1) is 0 Å². The molecule has 6 heteroatoms. The average Bonchev–Trinajstić information content (AvgIpc) is 2.77. The summed E-state index contributed by atoms with van der Waals surface area (Å²) in [5.41, 5.74) is 4.24. The molecule has 148 valence electrons. The van der Waals surface area contributed by atoms with Crippen LogP contribution in [-0.4, -0.2) is 38.8 Å². The van der Waals surface area contributed by atoms with Crippen LogP contribution in [0.2, 0.25) is 0 Å². The third kappa shape index (κ3) is 4.26. The first kappa shape index (κ1) is 19.1. The molecule has 0 aliphatic carbocycles. The maximum absolute atomic E-state index is 11.9. The summed E-state index contributed by atoms with van der Waals surface area (Å²) in [5, 5.41) is 3.56. The lowest BCUT2D eigenvalue weighted by molar-refractivity contribution is -0.129. The van der Waals surface area contributed by atoms with Crippen LogP contribution in [0.5, 0.6) is 0 Å². The molecule has 4 rings (SSSR count). The van der Waals surface area contributed by atoms with Gasteiger partial charge in [-0.1, -0.05) is 37.3 Å². The zero-order chi connectivity index (χ0) is 20.2. The number of fused-ring (bicyclic) bond motifs is 1. The van der Waals surface area contributed by atoms with Gasteiger partial charge in [0.1, 0.15) is 5.82 Å². The van der Waals surface area contributed by atoms with E-state index in [0.717, 1.165) is 35.6 Å². The Labute approximate surface area is 171 Å². The number of carbonyl (C=O) groups excluding carboxylic acids is 1. The van der Waals surface area contributed by atoms with E-state index in [-0.39, 0.29) is 5.91 Å². The van der Waals surface area contributed by atoms with E-state index < -0.39 is 0 Å². The Kier molecular flexibility index (Phi) is 5.51. The molecule has 0 spiro atoms. The largest absolute Gasteiger partial charge is 0.369 e. The van der Waals surface area contributed by atoms with Gasteiger partial charge in [-0.05, 0) is 30.0 Å². The number of hydrogen-bond donors (Lipinski definition) is 1. The molecule has 0 radical (unpaired) electrons. The molecule has 0 saturated heterocycles. The Balaban J connectivity index is 1.65. The summed E-state index contributed by atoms with van der Waals surface area (Å²) in [6.45, 7) is 5.81. The van der Waals surface area contributed by atoms with Crippen molar-refractivity contribution in [1.29, 1.82) is 0 Å². The van der Waals surface area contributed by atoms with Crippen LogP contribution in [0.3, 0.4) is 0 Å². The van der Waals surface area contributed by atoms with Crippen LogP contribution in [0.15, 0.2) is 54.9 Å². The lowest BCUT2D eigenvalue weighted by Gasteiger charge is -2.29. The smallest absolute Gasteiger partial charge is 0.219 e. The van der Waals surface area contributed by atoms with Crippen molar-refractivity contribution in [2.75, 3.05) is 18.4 Å². The number of nitrogens with zero attached hydrogens (tertiary/aromatic N) is 4. The number of benzene rings is 1. The second-order valence-corrected chi connectivity index (χ2v) is 7.44. The fourth-order valence-corrected chi connectivity index (χ4v) is 3.62. The molecule has 29 heavy (non-hydrogen) atoms. The summed E-state index contributed by atoms with van der Waals surface area (Å²) in [4.78, 5) is 27.4. The molecule has 3 aromatic rings. The minimum absolute atomic E-state index is 0.0759. The van der Waals surface area contributed by atoms with E-state index in [1.54, 1.807) is 19.3 Å². The number of aromatic nitrogens is 3. The Hall–Kier alpha value is -3.28. The van der Waals surface area contributed by atoms with Crippen molar-refractivity contribution >= 4 is 11.7 Å². The van der Waals surface area contributed by atoms with Crippen molar-refractivity contribution in [3.63, 3.8) is 0 Å². The number of pyridine rings is 1. The van der Waals surface area contributed by atoms with Gasteiger partial charge >= 0.3 is 0 Å². The lowest BCUT2D eigenvalue weighted by Crippen LogP contribution is -2.35. The van der Waals surface area contributed by atoms with E-state index in [4.69, 9.17) is 9.97 Å².